The molecule has 1 unspecified atom stereocenters. The molecule has 0 amide bonds. The van der Waals surface area contributed by atoms with E-state index in [1.165, 1.54) is 12.8 Å². The van der Waals surface area contributed by atoms with Crippen molar-refractivity contribution in [2.45, 2.75) is 48.8 Å². The lowest BCUT2D eigenvalue weighted by Crippen LogP contribution is -2.43. The number of benzene rings is 1. The summed E-state index contributed by atoms with van der Waals surface area (Å²) in [4.78, 5) is 15.0. The Labute approximate surface area is 182 Å². The average Bonchev–Trinajstić information content (AvgIpc) is 3.52. The minimum Gasteiger partial charge on any atom is -0.360 e. The van der Waals surface area contributed by atoms with Crippen molar-refractivity contribution in [3.63, 3.8) is 0 Å². The van der Waals surface area contributed by atoms with Crippen LogP contribution in [0.15, 0.2) is 35.5 Å². The van der Waals surface area contributed by atoms with Gasteiger partial charge in [-0.25, -0.2) is 9.97 Å². The first-order valence-electron chi connectivity index (χ1n) is 10.5. The first kappa shape index (κ1) is 20.6. The number of hydrogen-bond acceptors (Lipinski definition) is 5. The van der Waals surface area contributed by atoms with E-state index in [2.05, 4.69) is 25.2 Å². The third-order valence-corrected chi connectivity index (χ3v) is 6.81. The standard InChI is InChI=1S/C22H24F3N5S/c1-31-15-6-7-16-17(10-26-19(16)9-15)20-18(22(23,24)25)11-27-21(29-20)28-13-3-2-8-30(12-13)14-4-5-14/h6-7,9-11,13-14,26H,2-5,8,12H2,1H3,(H,27,28,29). The van der Waals surface area contributed by atoms with Gasteiger partial charge in [-0.1, -0.05) is 6.07 Å². The van der Waals surface area contributed by atoms with Gasteiger partial charge in [0.2, 0.25) is 5.95 Å². The zero-order valence-electron chi connectivity index (χ0n) is 17.2. The van der Waals surface area contributed by atoms with E-state index in [1.807, 2.05) is 24.5 Å². The second-order valence-corrected chi connectivity index (χ2v) is 9.16. The van der Waals surface area contributed by atoms with Gasteiger partial charge in [-0.3, -0.25) is 4.90 Å². The van der Waals surface area contributed by atoms with Gasteiger partial charge in [-0.05, 0) is 50.6 Å². The maximum atomic E-state index is 13.8. The van der Waals surface area contributed by atoms with Gasteiger partial charge in [0.05, 0.1) is 5.69 Å². The molecule has 9 heteroatoms. The Morgan fingerprint density at radius 1 is 1.23 bits per heavy atom. The van der Waals surface area contributed by atoms with Gasteiger partial charge in [0.1, 0.15) is 5.56 Å². The van der Waals surface area contributed by atoms with Crippen molar-refractivity contribution in [3.05, 3.63) is 36.2 Å². The number of thioether (sulfide) groups is 1. The van der Waals surface area contributed by atoms with Crippen molar-refractivity contribution >= 4 is 28.6 Å². The fourth-order valence-corrected chi connectivity index (χ4v) is 4.81. The van der Waals surface area contributed by atoms with Crippen LogP contribution in [0.2, 0.25) is 0 Å². The number of rotatable bonds is 5. The monoisotopic (exact) mass is 447 g/mol. The molecule has 1 aliphatic carbocycles. The lowest BCUT2D eigenvalue weighted by atomic mass is 10.1. The van der Waals surface area contributed by atoms with Gasteiger partial charge >= 0.3 is 6.18 Å². The van der Waals surface area contributed by atoms with E-state index >= 15 is 0 Å². The van der Waals surface area contributed by atoms with Crippen LogP contribution in [-0.4, -0.2) is 51.3 Å². The summed E-state index contributed by atoms with van der Waals surface area (Å²) < 4.78 is 41.3. The van der Waals surface area contributed by atoms with Crippen LogP contribution >= 0.6 is 11.8 Å². The zero-order chi connectivity index (χ0) is 21.6. The van der Waals surface area contributed by atoms with E-state index in [9.17, 15) is 13.2 Å². The number of likely N-dealkylation sites (tertiary alicyclic amines) is 1. The second-order valence-electron chi connectivity index (χ2n) is 8.28. The third kappa shape index (κ3) is 4.25. The SMILES string of the molecule is CSc1ccc2c(-c3nc(NC4CCCN(C5CC5)C4)ncc3C(F)(F)F)c[nH]c2c1. The molecule has 2 N–H and O–H groups in total. The fourth-order valence-electron chi connectivity index (χ4n) is 4.37. The maximum Gasteiger partial charge on any atom is 0.419 e. The molecule has 5 rings (SSSR count). The summed E-state index contributed by atoms with van der Waals surface area (Å²) in [6.45, 7) is 1.98. The first-order valence-corrected chi connectivity index (χ1v) is 11.7. The molecule has 5 nitrogen and oxygen atoms in total. The van der Waals surface area contributed by atoms with Gasteiger partial charge in [-0.2, -0.15) is 13.2 Å². The first-order chi connectivity index (χ1) is 14.9. The average molecular weight is 448 g/mol. The molecule has 1 aromatic carbocycles. The Kier molecular flexibility index (Phi) is 5.34. The molecule has 0 spiro atoms. The number of piperidine rings is 1. The Bertz CT molecular complexity index is 1090. The van der Waals surface area contributed by atoms with Gasteiger partial charge in [-0.15, -0.1) is 11.8 Å². The number of nitrogens with zero attached hydrogens (tertiary/aromatic N) is 3. The number of alkyl halides is 3. The lowest BCUT2D eigenvalue weighted by Gasteiger charge is -2.33. The van der Waals surface area contributed by atoms with Crippen molar-refractivity contribution in [3.8, 4) is 11.3 Å². The highest BCUT2D eigenvalue weighted by Crippen LogP contribution is 2.39. The molecule has 0 bridgehead atoms. The molecule has 3 heterocycles. The molecule has 1 aliphatic heterocycles. The van der Waals surface area contributed by atoms with Crippen LogP contribution in [0.25, 0.3) is 22.2 Å². The van der Waals surface area contributed by atoms with Crippen LogP contribution in [0.4, 0.5) is 19.1 Å². The summed E-state index contributed by atoms with van der Waals surface area (Å²) in [5.41, 5.74) is 0.304. The largest absolute Gasteiger partial charge is 0.419 e. The van der Waals surface area contributed by atoms with E-state index < -0.39 is 11.7 Å². The lowest BCUT2D eigenvalue weighted by molar-refractivity contribution is -0.137. The van der Waals surface area contributed by atoms with Gasteiger partial charge in [0.15, 0.2) is 0 Å². The van der Waals surface area contributed by atoms with Crippen molar-refractivity contribution in [1.29, 1.82) is 0 Å². The van der Waals surface area contributed by atoms with Crippen molar-refractivity contribution in [2.75, 3.05) is 24.7 Å². The van der Waals surface area contributed by atoms with Crippen LogP contribution in [0.1, 0.15) is 31.2 Å². The van der Waals surface area contributed by atoms with Crippen molar-refractivity contribution in [1.82, 2.24) is 19.9 Å². The molecule has 2 aliphatic rings. The van der Waals surface area contributed by atoms with E-state index in [4.69, 9.17) is 0 Å². The molecular weight excluding hydrogens is 423 g/mol. The minimum atomic E-state index is -4.54. The summed E-state index contributed by atoms with van der Waals surface area (Å²) >= 11 is 1.58. The minimum absolute atomic E-state index is 0.0944. The molecule has 3 aromatic rings. The second kappa shape index (κ2) is 8.02. The fraction of sp³-hybridized carbons (Fsp3) is 0.455. The number of nitrogens with one attached hydrogen (secondary N) is 2. The van der Waals surface area contributed by atoms with Crippen LogP contribution in [0.5, 0.6) is 0 Å². The van der Waals surface area contributed by atoms with E-state index in [1.54, 1.807) is 18.0 Å². The highest BCUT2D eigenvalue weighted by atomic mass is 32.2. The van der Waals surface area contributed by atoms with E-state index in [0.29, 0.717) is 17.0 Å². The number of halogens is 3. The maximum absolute atomic E-state index is 13.8. The molecule has 164 valence electrons. The number of aromatic amines is 1. The van der Waals surface area contributed by atoms with E-state index in [-0.39, 0.29) is 17.7 Å². The molecule has 1 saturated carbocycles. The number of H-pyrrole nitrogens is 1. The Balaban J connectivity index is 1.49. The Morgan fingerprint density at radius 3 is 2.81 bits per heavy atom. The molecule has 1 saturated heterocycles. The highest BCUT2D eigenvalue weighted by molar-refractivity contribution is 7.98. The Hall–Kier alpha value is -2.26. The summed E-state index contributed by atoms with van der Waals surface area (Å²) in [7, 11) is 0. The highest BCUT2D eigenvalue weighted by Gasteiger charge is 2.37. The summed E-state index contributed by atoms with van der Waals surface area (Å²) in [6.07, 6.45) is 4.45. The van der Waals surface area contributed by atoms with Crippen LogP contribution < -0.4 is 5.32 Å². The topological polar surface area (TPSA) is 56.8 Å². The summed E-state index contributed by atoms with van der Waals surface area (Å²) in [5.74, 6) is 0.251. The predicted octanol–water partition coefficient (Wildman–Crippen LogP) is 5.40. The predicted molar refractivity (Wildman–Crippen MR) is 117 cm³/mol. The van der Waals surface area contributed by atoms with Crippen molar-refractivity contribution in [2.24, 2.45) is 0 Å². The number of hydrogen-bond donors (Lipinski definition) is 2. The van der Waals surface area contributed by atoms with Crippen LogP contribution in [0.3, 0.4) is 0 Å². The summed E-state index contributed by atoms with van der Waals surface area (Å²) in [6, 6.07) is 6.51. The number of anilines is 1. The zero-order valence-corrected chi connectivity index (χ0v) is 18.0. The molecule has 0 radical (unpaired) electrons. The van der Waals surface area contributed by atoms with Crippen molar-refractivity contribution < 1.29 is 13.2 Å². The van der Waals surface area contributed by atoms with Gasteiger partial charge in [0, 0.05) is 52.4 Å². The quantitative estimate of drug-likeness (QED) is 0.513. The van der Waals surface area contributed by atoms with Crippen LogP contribution in [0, 0.1) is 0 Å². The molecule has 2 aromatic heterocycles. The molecular formula is C22H24F3N5S. The van der Waals surface area contributed by atoms with Gasteiger partial charge in [0.25, 0.3) is 0 Å². The molecule has 1 atom stereocenters. The van der Waals surface area contributed by atoms with Gasteiger partial charge < -0.3 is 10.3 Å². The van der Waals surface area contributed by atoms with Crippen LogP contribution in [-0.2, 0) is 6.18 Å². The Morgan fingerprint density at radius 2 is 2.06 bits per heavy atom. The molecule has 2 fully saturated rings. The smallest absolute Gasteiger partial charge is 0.360 e. The number of aromatic nitrogens is 3. The third-order valence-electron chi connectivity index (χ3n) is 6.09. The summed E-state index contributed by atoms with van der Waals surface area (Å²) in [5, 5.41) is 4.01. The van der Waals surface area contributed by atoms with E-state index in [0.717, 1.165) is 42.5 Å². The normalized spacial score (nSPS) is 20.3. The molecule has 31 heavy (non-hydrogen) atoms. The number of fused-ring (bicyclic) bond motifs is 1.